The molecule has 0 aromatic heterocycles. The summed E-state index contributed by atoms with van der Waals surface area (Å²) in [6.45, 7) is 17.2. The maximum atomic E-state index is 14.5. The fraction of sp³-hybridized carbons (Fsp3) is 0.605. The standard InChI is InChI=1S/C38H54N2O8/c1-9-11-12-16-19-27(35(44)46-8)21-30(41)33-32-29(38(32,6)7)24-40(33)34(43)28(22-31(42)48-37(3,4)5)23-39(20-10-2)36(45)47-25-26-17-14-13-15-18-26/h9-10,13-15,17-18,27-29,32-33H,1-2,11-12,16,19-25H2,3-8H3/t27-,28+,29+,32+,33-/m1/s1. The van der Waals surface area contributed by atoms with Crippen LogP contribution in [0.2, 0.25) is 0 Å². The van der Waals surface area contributed by atoms with Gasteiger partial charge in [0.1, 0.15) is 12.2 Å². The lowest BCUT2D eigenvalue weighted by Crippen LogP contribution is -2.51. The van der Waals surface area contributed by atoms with E-state index in [-0.39, 0.29) is 55.6 Å². The van der Waals surface area contributed by atoms with Crippen LogP contribution in [0.4, 0.5) is 4.79 Å². The molecule has 10 nitrogen and oxygen atoms in total. The van der Waals surface area contributed by atoms with Crippen molar-refractivity contribution < 1.29 is 38.2 Å². The number of hydrogen-bond donors (Lipinski definition) is 0. The lowest BCUT2D eigenvalue weighted by atomic mass is 9.89. The van der Waals surface area contributed by atoms with Crippen molar-refractivity contribution in [3.8, 4) is 0 Å². The predicted octanol–water partition coefficient (Wildman–Crippen LogP) is 6.14. The van der Waals surface area contributed by atoms with Gasteiger partial charge in [0, 0.05) is 26.1 Å². The van der Waals surface area contributed by atoms with Gasteiger partial charge in [0.15, 0.2) is 5.78 Å². The van der Waals surface area contributed by atoms with Gasteiger partial charge in [0.05, 0.1) is 31.4 Å². The Balaban J connectivity index is 1.86. The van der Waals surface area contributed by atoms with Crippen molar-refractivity contribution >= 4 is 29.7 Å². The predicted molar refractivity (Wildman–Crippen MR) is 182 cm³/mol. The third kappa shape index (κ3) is 10.3. The van der Waals surface area contributed by atoms with Gasteiger partial charge in [-0.1, -0.05) is 62.8 Å². The molecular weight excluding hydrogens is 612 g/mol. The van der Waals surface area contributed by atoms with E-state index < -0.39 is 47.4 Å². The average Bonchev–Trinajstić information content (AvgIpc) is 3.34. The molecule has 0 bridgehead atoms. The number of Topliss-reactive ketones (excluding diaryl/α,β-unsaturated/α-hetero) is 1. The molecule has 1 saturated carbocycles. The molecule has 0 spiro atoms. The van der Waals surface area contributed by atoms with Gasteiger partial charge in [-0.15, -0.1) is 13.2 Å². The second-order valence-electron chi connectivity index (χ2n) is 14.6. The fourth-order valence-corrected chi connectivity index (χ4v) is 6.90. The highest BCUT2D eigenvalue weighted by molar-refractivity contribution is 5.94. The molecule has 3 rings (SSSR count). The minimum absolute atomic E-state index is 0.0358. The lowest BCUT2D eigenvalue weighted by molar-refractivity contribution is -0.159. The number of nitrogens with zero attached hydrogens (tertiary/aromatic N) is 2. The lowest BCUT2D eigenvalue weighted by Gasteiger charge is -2.35. The molecule has 1 aromatic rings. The molecule has 1 saturated heterocycles. The molecular formula is C38H54N2O8. The van der Waals surface area contributed by atoms with Crippen LogP contribution in [-0.2, 0) is 40.0 Å². The van der Waals surface area contributed by atoms with Crippen molar-refractivity contribution in [2.24, 2.45) is 29.1 Å². The number of carbonyl (C=O) groups excluding carboxylic acids is 5. The van der Waals surface area contributed by atoms with Crippen LogP contribution in [0.3, 0.4) is 0 Å². The molecule has 1 aliphatic carbocycles. The zero-order valence-electron chi connectivity index (χ0n) is 29.6. The molecule has 0 unspecified atom stereocenters. The van der Waals surface area contributed by atoms with Gasteiger partial charge in [0.25, 0.3) is 0 Å². The second kappa shape index (κ2) is 16.9. The van der Waals surface area contributed by atoms with Crippen LogP contribution < -0.4 is 0 Å². The van der Waals surface area contributed by atoms with Gasteiger partial charge in [-0.05, 0) is 62.8 Å². The number of piperidine rings is 1. The smallest absolute Gasteiger partial charge is 0.410 e. The van der Waals surface area contributed by atoms with Crippen LogP contribution in [0.15, 0.2) is 55.6 Å². The molecule has 0 radical (unpaired) electrons. The van der Waals surface area contributed by atoms with E-state index in [0.717, 1.165) is 24.8 Å². The van der Waals surface area contributed by atoms with Gasteiger partial charge in [-0.2, -0.15) is 0 Å². The molecule has 48 heavy (non-hydrogen) atoms. The number of fused-ring (bicyclic) bond motifs is 1. The largest absolute Gasteiger partial charge is 0.469 e. The Bertz CT molecular complexity index is 1320. The van der Waals surface area contributed by atoms with E-state index >= 15 is 0 Å². The van der Waals surface area contributed by atoms with Gasteiger partial charge < -0.3 is 24.0 Å². The van der Waals surface area contributed by atoms with E-state index in [1.807, 2.05) is 36.4 Å². The molecule has 2 aliphatic rings. The average molecular weight is 667 g/mol. The zero-order chi connectivity index (χ0) is 35.6. The van der Waals surface area contributed by atoms with Gasteiger partial charge in [-0.25, -0.2) is 4.79 Å². The number of likely N-dealkylation sites (tertiary alicyclic amines) is 1. The van der Waals surface area contributed by atoms with Crippen LogP contribution >= 0.6 is 0 Å². The molecule has 2 fully saturated rings. The second-order valence-corrected chi connectivity index (χ2v) is 14.6. The number of ketones is 1. The SMILES string of the molecule is C=CCCCC[C@H](CC(=O)[C@@H]1[C@@H]2[C@H](CN1C(=O)[C@@H](CC(=O)OC(C)(C)C)CN(CC=C)C(=O)OCc1ccccc1)C2(C)C)C(=O)OC. The number of hydrogen-bond acceptors (Lipinski definition) is 8. The van der Waals surface area contributed by atoms with Gasteiger partial charge in [-0.3, -0.25) is 19.2 Å². The summed E-state index contributed by atoms with van der Waals surface area (Å²) >= 11 is 0. The van der Waals surface area contributed by atoms with Crippen molar-refractivity contribution in [1.82, 2.24) is 9.80 Å². The molecule has 1 aromatic carbocycles. The first-order valence-electron chi connectivity index (χ1n) is 16.9. The number of amides is 2. The summed E-state index contributed by atoms with van der Waals surface area (Å²) in [4.78, 5) is 70.6. The van der Waals surface area contributed by atoms with E-state index in [1.165, 1.54) is 18.1 Å². The monoisotopic (exact) mass is 666 g/mol. The highest BCUT2D eigenvalue weighted by atomic mass is 16.6. The Morgan fingerprint density at radius 2 is 1.71 bits per heavy atom. The first-order valence-corrected chi connectivity index (χ1v) is 16.9. The Morgan fingerprint density at radius 3 is 2.31 bits per heavy atom. The third-order valence-electron chi connectivity index (χ3n) is 9.45. The number of esters is 2. The summed E-state index contributed by atoms with van der Waals surface area (Å²) in [5.41, 5.74) is -0.137. The topological polar surface area (TPSA) is 120 Å². The van der Waals surface area contributed by atoms with E-state index in [9.17, 15) is 24.0 Å². The summed E-state index contributed by atoms with van der Waals surface area (Å²) in [6, 6.07) is 8.47. The van der Waals surface area contributed by atoms with Gasteiger partial charge in [0.2, 0.25) is 5.91 Å². The van der Waals surface area contributed by atoms with Crippen molar-refractivity contribution in [2.45, 2.75) is 91.4 Å². The summed E-state index contributed by atoms with van der Waals surface area (Å²) in [6.07, 6.45) is 5.25. The Hall–Kier alpha value is -3.95. The first kappa shape index (κ1) is 38.5. The summed E-state index contributed by atoms with van der Waals surface area (Å²) in [5, 5.41) is 0. The quantitative estimate of drug-likeness (QED) is 0.0794. The molecule has 0 N–H and O–H groups in total. The van der Waals surface area contributed by atoms with Crippen molar-refractivity contribution in [2.75, 3.05) is 26.7 Å². The van der Waals surface area contributed by atoms with E-state index in [1.54, 1.807) is 25.7 Å². The van der Waals surface area contributed by atoms with Gasteiger partial charge >= 0.3 is 18.0 Å². The molecule has 10 heteroatoms. The van der Waals surface area contributed by atoms with Crippen LogP contribution in [0.5, 0.6) is 0 Å². The maximum Gasteiger partial charge on any atom is 0.410 e. The van der Waals surface area contributed by atoms with Crippen molar-refractivity contribution in [3.63, 3.8) is 0 Å². The zero-order valence-corrected chi connectivity index (χ0v) is 29.6. The molecule has 5 atom stereocenters. The Labute approximate surface area is 285 Å². The number of allylic oxidation sites excluding steroid dienone is 1. The minimum atomic E-state index is -1.00. The maximum absolute atomic E-state index is 14.5. The van der Waals surface area contributed by atoms with Crippen LogP contribution in [0.25, 0.3) is 0 Å². The van der Waals surface area contributed by atoms with E-state index in [2.05, 4.69) is 27.0 Å². The van der Waals surface area contributed by atoms with E-state index in [4.69, 9.17) is 14.2 Å². The molecule has 1 heterocycles. The Kier molecular flexibility index (Phi) is 13.6. The highest BCUT2D eigenvalue weighted by Crippen LogP contribution is 2.65. The van der Waals surface area contributed by atoms with Crippen LogP contribution in [0.1, 0.15) is 78.7 Å². The number of methoxy groups -OCH3 is 1. The number of carbonyl (C=O) groups is 5. The van der Waals surface area contributed by atoms with Crippen molar-refractivity contribution in [1.29, 1.82) is 0 Å². The molecule has 2 amide bonds. The summed E-state index contributed by atoms with van der Waals surface area (Å²) < 4.78 is 16.2. The summed E-state index contributed by atoms with van der Waals surface area (Å²) in [7, 11) is 1.32. The number of ether oxygens (including phenoxy) is 3. The number of benzene rings is 1. The third-order valence-corrected chi connectivity index (χ3v) is 9.45. The number of unbranched alkanes of at least 4 members (excludes halogenated alkanes) is 2. The van der Waals surface area contributed by atoms with Crippen LogP contribution in [-0.4, -0.2) is 77.9 Å². The Morgan fingerprint density at radius 1 is 1.02 bits per heavy atom. The first-order chi connectivity index (χ1) is 22.6. The van der Waals surface area contributed by atoms with E-state index in [0.29, 0.717) is 13.0 Å². The van der Waals surface area contributed by atoms with Crippen molar-refractivity contribution in [3.05, 3.63) is 61.2 Å². The number of rotatable bonds is 18. The summed E-state index contributed by atoms with van der Waals surface area (Å²) in [5.74, 6) is -3.23. The minimum Gasteiger partial charge on any atom is -0.469 e. The molecule has 264 valence electrons. The fourth-order valence-electron chi connectivity index (χ4n) is 6.90. The highest BCUT2D eigenvalue weighted by Gasteiger charge is 2.69. The van der Waals surface area contributed by atoms with Crippen LogP contribution in [0, 0.1) is 29.1 Å². The molecule has 1 aliphatic heterocycles. The normalized spacial score (nSPS) is 20.5.